The summed E-state index contributed by atoms with van der Waals surface area (Å²) in [6.45, 7) is 1.52. The minimum Gasteiger partial charge on any atom is -0.484 e. The molecule has 3 fully saturated rings. The largest absolute Gasteiger partial charge is 0.484 e. The second-order valence-electron chi connectivity index (χ2n) is 8.82. The van der Waals surface area contributed by atoms with Crippen molar-refractivity contribution in [1.82, 2.24) is 20.4 Å². The molecule has 1 aromatic carbocycles. The van der Waals surface area contributed by atoms with Gasteiger partial charge in [-0.1, -0.05) is 11.6 Å². The molecule has 8 nitrogen and oxygen atoms in total. The van der Waals surface area contributed by atoms with Crippen LogP contribution in [-0.2, 0) is 11.8 Å². The first-order valence-corrected chi connectivity index (χ1v) is 10.9. The Bertz CT molecular complexity index is 1050. The fraction of sp³-hybridized carbons (Fsp3) is 0.500. The lowest BCUT2D eigenvalue weighted by molar-refractivity contribution is -0.132. The number of amides is 2. The molecular formula is C22H26ClFN4O4. The molecule has 1 aromatic heterocycles. The van der Waals surface area contributed by atoms with Crippen molar-refractivity contribution in [3.05, 3.63) is 46.5 Å². The summed E-state index contributed by atoms with van der Waals surface area (Å²) in [6, 6.07) is 5.68. The molecule has 3 N–H and O–H groups in total. The number of benzene rings is 1. The highest BCUT2D eigenvalue weighted by Crippen LogP contribution is 2.47. The van der Waals surface area contributed by atoms with E-state index >= 15 is 0 Å². The lowest BCUT2D eigenvalue weighted by atomic mass is 9.60. The van der Waals surface area contributed by atoms with Gasteiger partial charge < -0.3 is 20.5 Å². The zero-order chi connectivity index (χ0) is 23.1. The molecule has 0 radical (unpaired) electrons. The van der Waals surface area contributed by atoms with Crippen molar-refractivity contribution in [1.29, 1.82) is 0 Å². The molecule has 32 heavy (non-hydrogen) atoms. The van der Waals surface area contributed by atoms with Crippen molar-refractivity contribution in [3.8, 4) is 5.75 Å². The van der Waals surface area contributed by atoms with Gasteiger partial charge in [0.25, 0.3) is 11.8 Å². The number of hydrogen-bond acceptors (Lipinski definition) is 5. The second-order valence-corrected chi connectivity index (χ2v) is 9.23. The average molecular weight is 465 g/mol. The number of aryl methyl sites for hydroxylation is 2. The molecular weight excluding hydrogens is 439 g/mol. The quantitative estimate of drug-likeness (QED) is 0.608. The molecule has 3 aliphatic carbocycles. The summed E-state index contributed by atoms with van der Waals surface area (Å²) in [5.41, 5.74) is -0.0506. The first-order valence-electron chi connectivity index (χ1n) is 10.5. The highest BCUT2D eigenvalue weighted by molar-refractivity contribution is 6.30. The first kappa shape index (κ1) is 22.5. The Morgan fingerprint density at radius 3 is 2.59 bits per heavy atom. The van der Waals surface area contributed by atoms with E-state index in [2.05, 4.69) is 15.7 Å². The van der Waals surface area contributed by atoms with Crippen molar-refractivity contribution < 1.29 is 23.8 Å². The smallest absolute Gasteiger partial charge is 0.269 e. The van der Waals surface area contributed by atoms with Crippen LogP contribution < -0.4 is 15.4 Å². The van der Waals surface area contributed by atoms with Gasteiger partial charge in [0.05, 0.1) is 22.4 Å². The molecule has 10 heteroatoms. The Labute approximate surface area is 190 Å². The van der Waals surface area contributed by atoms with Crippen molar-refractivity contribution >= 4 is 23.4 Å². The molecule has 0 spiro atoms. The predicted molar refractivity (Wildman–Crippen MR) is 115 cm³/mol. The molecule has 3 aliphatic rings. The molecule has 1 atom stereocenters. The Hall–Kier alpha value is -2.65. The van der Waals surface area contributed by atoms with E-state index in [1.54, 1.807) is 17.8 Å². The first-order chi connectivity index (χ1) is 15.1. The van der Waals surface area contributed by atoms with E-state index in [1.165, 1.54) is 12.1 Å². The molecule has 0 aliphatic heterocycles. The maximum absolute atomic E-state index is 13.5. The van der Waals surface area contributed by atoms with Gasteiger partial charge in [-0.2, -0.15) is 5.10 Å². The zero-order valence-corrected chi connectivity index (χ0v) is 18.7. The van der Waals surface area contributed by atoms with E-state index < -0.39 is 28.9 Å². The number of aliphatic hydroxyl groups is 1. The second kappa shape index (κ2) is 8.37. The van der Waals surface area contributed by atoms with Crippen molar-refractivity contribution in [2.45, 2.75) is 56.2 Å². The predicted octanol–water partition coefficient (Wildman–Crippen LogP) is 2.26. The van der Waals surface area contributed by atoms with Crippen LogP contribution in [0.15, 0.2) is 24.3 Å². The number of aromatic nitrogens is 2. The Morgan fingerprint density at radius 2 is 2.00 bits per heavy atom. The minimum absolute atomic E-state index is 0.0256. The topological polar surface area (TPSA) is 105 Å². The molecule has 2 bridgehead atoms. The van der Waals surface area contributed by atoms with Crippen LogP contribution in [0.3, 0.4) is 0 Å². The third kappa shape index (κ3) is 4.31. The zero-order valence-electron chi connectivity index (χ0n) is 18.0. The Kier molecular flexibility index (Phi) is 5.89. The third-order valence-electron chi connectivity index (χ3n) is 6.58. The average Bonchev–Trinajstić information content (AvgIpc) is 3.08. The number of nitrogens with one attached hydrogen (secondary N) is 2. The van der Waals surface area contributed by atoms with Crippen LogP contribution in [0.25, 0.3) is 0 Å². The molecule has 2 amide bonds. The number of rotatable bonds is 6. The summed E-state index contributed by atoms with van der Waals surface area (Å²) in [6.07, 6.45) is 1.86. The maximum Gasteiger partial charge on any atom is 0.269 e. The normalized spacial score (nSPS) is 26.6. The van der Waals surface area contributed by atoms with Gasteiger partial charge in [0.15, 0.2) is 6.61 Å². The molecule has 3 saturated carbocycles. The maximum atomic E-state index is 13.5. The number of ether oxygens (including phenoxy) is 1. The van der Waals surface area contributed by atoms with Gasteiger partial charge in [0.2, 0.25) is 0 Å². The van der Waals surface area contributed by atoms with E-state index in [4.69, 9.17) is 16.3 Å². The highest BCUT2D eigenvalue weighted by atomic mass is 35.5. The van der Waals surface area contributed by atoms with Gasteiger partial charge in [0.1, 0.15) is 17.3 Å². The van der Waals surface area contributed by atoms with Gasteiger partial charge in [-0.05, 0) is 57.2 Å². The summed E-state index contributed by atoms with van der Waals surface area (Å²) in [5, 5.41) is 21.1. The van der Waals surface area contributed by atoms with Crippen LogP contribution in [-0.4, -0.2) is 50.5 Å². The fourth-order valence-electron chi connectivity index (χ4n) is 4.82. The van der Waals surface area contributed by atoms with Gasteiger partial charge >= 0.3 is 0 Å². The van der Waals surface area contributed by atoms with Crippen LogP contribution in [0, 0.1) is 12.7 Å². The van der Waals surface area contributed by atoms with E-state index in [-0.39, 0.29) is 23.3 Å². The lowest BCUT2D eigenvalue weighted by Gasteiger charge is -2.56. The monoisotopic (exact) mass is 464 g/mol. The number of halogens is 2. The van der Waals surface area contributed by atoms with Crippen LogP contribution in [0.4, 0.5) is 4.39 Å². The number of nitrogens with zero attached hydrogens (tertiary/aromatic N) is 2. The van der Waals surface area contributed by atoms with Crippen LogP contribution >= 0.6 is 11.6 Å². The van der Waals surface area contributed by atoms with Crippen LogP contribution in [0.5, 0.6) is 5.75 Å². The summed E-state index contributed by atoms with van der Waals surface area (Å²) in [7, 11) is 1.72. The summed E-state index contributed by atoms with van der Waals surface area (Å²) in [5.74, 6) is -1.05. The van der Waals surface area contributed by atoms with E-state index in [0.29, 0.717) is 37.8 Å². The SMILES string of the molecule is Cc1cc(C(=O)NC23CCC(NC(=O)COc4ccc(Cl)c(F)c4)(CC2)[C@H](O)C3)n(C)n1. The number of carbonyl (C=O) groups excluding carboxylic acids is 2. The number of carbonyl (C=O) groups is 2. The standard InChI is InChI=1S/C22H26ClFN4O4/c1-13-9-17(28(2)27-13)20(31)26-21-5-7-22(8-6-21,18(29)11-21)25-19(30)12-32-14-3-4-15(23)16(24)10-14/h3-4,9-10,18,29H,5-8,11-12H2,1-2H3,(H,25,30)(H,26,31)/t18-,21?,22?/m1/s1. The van der Waals surface area contributed by atoms with Crippen LogP contribution in [0.1, 0.15) is 48.3 Å². The van der Waals surface area contributed by atoms with Gasteiger partial charge in [-0.25, -0.2) is 4.39 Å². The molecule has 2 aromatic rings. The number of aliphatic hydroxyl groups excluding tert-OH is 1. The Balaban J connectivity index is 1.35. The molecule has 0 unspecified atom stereocenters. The summed E-state index contributed by atoms with van der Waals surface area (Å²) < 4.78 is 20.4. The lowest BCUT2D eigenvalue weighted by Crippen LogP contribution is -2.70. The highest BCUT2D eigenvalue weighted by Gasteiger charge is 2.55. The third-order valence-corrected chi connectivity index (χ3v) is 6.89. The van der Waals surface area contributed by atoms with Gasteiger partial charge in [-0.15, -0.1) is 0 Å². The van der Waals surface area contributed by atoms with Crippen molar-refractivity contribution in [2.75, 3.05) is 6.61 Å². The van der Waals surface area contributed by atoms with E-state index in [9.17, 15) is 19.1 Å². The number of fused-ring (bicyclic) bond motifs is 3. The fourth-order valence-corrected chi connectivity index (χ4v) is 4.94. The van der Waals surface area contributed by atoms with Crippen molar-refractivity contribution in [2.24, 2.45) is 7.05 Å². The van der Waals surface area contributed by atoms with Crippen molar-refractivity contribution in [3.63, 3.8) is 0 Å². The van der Waals surface area contributed by atoms with E-state index in [0.717, 1.165) is 11.8 Å². The molecule has 1 heterocycles. The molecule has 0 saturated heterocycles. The minimum atomic E-state index is -0.810. The summed E-state index contributed by atoms with van der Waals surface area (Å²) >= 11 is 5.65. The summed E-state index contributed by atoms with van der Waals surface area (Å²) in [4.78, 5) is 25.3. The molecule has 5 rings (SSSR count). The van der Waals surface area contributed by atoms with E-state index in [1.807, 2.05) is 6.92 Å². The van der Waals surface area contributed by atoms with Gasteiger partial charge in [-0.3, -0.25) is 14.3 Å². The Morgan fingerprint density at radius 1 is 1.28 bits per heavy atom. The van der Waals surface area contributed by atoms with Gasteiger partial charge in [0, 0.05) is 18.7 Å². The molecule has 172 valence electrons. The van der Waals surface area contributed by atoms with Crippen LogP contribution in [0.2, 0.25) is 5.02 Å². The number of hydrogen-bond donors (Lipinski definition) is 3.